The number of amides is 1. The maximum Gasteiger partial charge on any atom is 0.410 e. The van der Waals surface area contributed by atoms with E-state index in [1.807, 2.05) is 88.0 Å². The van der Waals surface area contributed by atoms with Crippen LogP contribution >= 0.6 is 11.6 Å². The second kappa shape index (κ2) is 10.4. The van der Waals surface area contributed by atoms with Crippen LogP contribution < -0.4 is 0 Å². The van der Waals surface area contributed by atoms with Gasteiger partial charge in [-0.1, -0.05) is 23.7 Å². The van der Waals surface area contributed by atoms with Crippen LogP contribution in [0.3, 0.4) is 0 Å². The summed E-state index contributed by atoms with van der Waals surface area (Å²) in [4.78, 5) is 26.0. The number of ether oxygens (including phenoxy) is 1. The van der Waals surface area contributed by atoms with E-state index in [1.165, 1.54) is 0 Å². The zero-order chi connectivity index (χ0) is 27.9. The topological polar surface area (TPSA) is 83.7 Å². The van der Waals surface area contributed by atoms with Crippen LogP contribution in [-0.4, -0.2) is 72.9 Å². The number of fused-ring (bicyclic) bond motifs is 2. The van der Waals surface area contributed by atoms with E-state index in [0.717, 1.165) is 33.8 Å². The lowest BCUT2D eigenvalue weighted by Crippen LogP contribution is -2.51. The van der Waals surface area contributed by atoms with Crippen molar-refractivity contribution in [2.24, 2.45) is 0 Å². The first-order chi connectivity index (χ1) is 18.4. The van der Waals surface area contributed by atoms with Crippen molar-refractivity contribution in [3.8, 4) is 0 Å². The standard InChI is InChI=1S/C30H36ClN5O3/c1-20-32-11-12-36(20)19-30(5,38)25-17-21-7-6-10-33-26(21)27(23-9-8-22(31)18-24(23)25)34-13-15-35(16-14-34)28(37)39-29(2,3)4/h6-12,17-18,27,38H,13-16,19H2,1-5H3/t27-,30?/m0/s1. The number of aliphatic hydroxyl groups is 1. The van der Waals surface area contributed by atoms with Gasteiger partial charge in [0.05, 0.1) is 18.3 Å². The van der Waals surface area contributed by atoms with E-state index >= 15 is 0 Å². The van der Waals surface area contributed by atoms with Crippen LogP contribution in [0.5, 0.6) is 0 Å². The second-order valence-corrected chi connectivity index (χ2v) is 12.0. The van der Waals surface area contributed by atoms with Gasteiger partial charge in [0.2, 0.25) is 0 Å². The number of benzene rings is 1. The molecule has 1 fully saturated rings. The number of aromatic nitrogens is 3. The summed E-state index contributed by atoms with van der Waals surface area (Å²) in [5.74, 6) is 0.832. The van der Waals surface area contributed by atoms with E-state index in [9.17, 15) is 9.90 Å². The molecule has 39 heavy (non-hydrogen) atoms. The second-order valence-electron chi connectivity index (χ2n) is 11.5. The molecule has 2 atom stereocenters. The fourth-order valence-corrected chi connectivity index (χ4v) is 5.63. The van der Waals surface area contributed by atoms with Gasteiger partial charge in [-0.15, -0.1) is 0 Å². The van der Waals surface area contributed by atoms with Crippen molar-refractivity contribution < 1.29 is 14.6 Å². The van der Waals surface area contributed by atoms with Gasteiger partial charge in [-0.05, 0) is 81.2 Å². The zero-order valence-electron chi connectivity index (χ0n) is 23.2. The van der Waals surface area contributed by atoms with Gasteiger partial charge in [-0.2, -0.15) is 0 Å². The summed E-state index contributed by atoms with van der Waals surface area (Å²) in [5, 5.41) is 12.6. The maximum atomic E-state index is 12.7. The number of rotatable bonds is 4. The van der Waals surface area contributed by atoms with Crippen LogP contribution in [-0.2, 0) is 11.3 Å². The third-order valence-electron chi connectivity index (χ3n) is 7.34. The molecule has 206 valence electrons. The highest BCUT2D eigenvalue weighted by molar-refractivity contribution is 6.30. The first-order valence-corrected chi connectivity index (χ1v) is 13.7. The normalized spacial score (nSPS) is 19.4. The predicted octanol–water partition coefficient (Wildman–Crippen LogP) is 5.19. The van der Waals surface area contributed by atoms with Crippen LogP contribution in [0.15, 0.2) is 48.9 Å². The van der Waals surface area contributed by atoms with E-state index < -0.39 is 11.2 Å². The number of hydrogen-bond acceptors (Lipinski definition) is 6. The van der Waals surface area contributed by atoms with Crippen LogP contribution in [0.2, 0.25) is 5.02 Å². The Kier molecular flexibility index (Phi) is 7.31. The lowest BCUT2D eigenvalue weighted by Gasteiger charge is -2.40. The summed E-state index contributed by atoms with van der Waals surface area (Å²) in [5.41, 5.74) is 2.79. The average Bonchev–Trinajstić information content (AvgIpc) is 3.19. The molecule has 8 nitrogen and oxygen atoms in total. The molecule has 1 unspecified atom stereocenters. The van der Waals surface area contributed by atoms with E-state index in [1.54, 1.807) is 11.1 Å². The Bertz CT molecular complexity index is 1400. The molecule has 2 aromatic heterocycles. The summed E-state index contributed by atoms with van der Waals surface area (Å²) in [6, 6.07) is 9.66. The lowest BCUT2D eigenvalue weighted by atomic mass is 9.85. The number of carbonyl (C=O) groups excluding carboxylic acids is 1. The minimum atomic E-state index is -1.22. The zero-order valence-corrected chi connectivity index (χ0v) is 23.9. The summed E-state index contributed by atoms with van der Waals surface area (Å²) >= 11 is 6.55. The summed E-state index contributed by atoms with van der Waals surface area (Å²) < 4.78 is 7.56. The Labute approximate surface area is 234 Å². The van der Waals surface area contributed by atoms with Gasteiger partial charge in [0.1, 0.15) is 17.0 Å². The van der Waals surface area contributed by atoms with E-state index in [0.29, 0.717) is 37.7 Å². The third-order valence-corrected chi connectivity index (χ3v) is 7.58. The molecule has 1 aliphatic carbocycles. The monoisotopic (exact) mass is 549 g/mol. The van der Waals surface area contributed by atoms with E-state index in [4.69, 9.17) is 21.3 Å². The largest absolute Gasteiger partial charge is 0.444 e. The van der Waals surface area contributed by atoms with Crippen molar-refractivity contribution in [1.82, 2.24) is 24.3 Å². The summed E-state index contributed by atoms with van der Waals surface area (Å²) in [6.07, 6.45) is 7.18. The number of aryl methyl sites for hydroxylation is 1. The van der Waals surface area contributed by atoms with Crippen molar-refractivity contribution in [2.45, 2.75) is 58.4 Å². The van der Waals surface area contributed by atoms with Gasteiger partial charge in [0.25, 0.3) is 0 Å². The third kappa shape index (κ3) is 5.73. The first-order valence-electron chi connectivity index (χ1n) is 13.3. The number of halogens is 1. The molecule has 3 aromatic rings. The molecule has 5 rings (SSSR count). The average molecular weight is 550 g/mol. The molecule has 3 heterocycles. The molecule has 2 aliphatic rings. The smallest absolute Gasteiger partial charge is 0.410 e. The Hall–Kier alpha value is -3.20. The summed E-state index contributed by atoms with van der Waals surface area (Å²) in [7, 11) is 0. The van der Waals surface area contributed by atoms with Gasteiger partial charge in [0, 0.05) is 49.8 Å². The molecule has 0 bridgehead atoms. The Morgan fingerprint density at radius 3 is 2.51 bits per heavy atom. The van der Waals surface area contributed by atoms with Crippen molar-refractivity contribution in [3.05, 3.63) is 82.2 Å². The Morgan fingerprint density at radius 1 is 1.10 bits per heavy atom. The molecule has 1 aliphatic heterocycles. The number of nitrogens with zero attached hydrogens (tertiary/aromatic N) is 5. The number of hydrogen-bond donors (Lipinski definition) is 1. The van der Waals surface area contributed by atoms with E-state index in [-0.39, 0.29) is 12.1 Å². The number of piperazine rings is 1. The molecule has 0 spiro atoms. The molecule has 0 radical (unpaired) electrons. The molecule has 1 aromatic carbocycles. The van der Waals surface area contributed by atoms with Crippen LogP contribution in [0, 0.1) is 6.92 Å². The van der Waals surface area contributed by atoms with Gasteiger partial charge in [-0.25, -0.2) is 9.78 Å². The van der Waals surface area contributed by atoms with Crippen molar-refractivity contribution in [2.75, 3.05) is 26.2 Å². The van der Waals surface area contributed by atoms with Gasteiger partial charge >= 0.3 is 6.09 Å². The Morgan fingerprint density at radius 2 is 1.85 bits per heavy atom. The molecule has 1 N–H and O–H groups in total. The van der Waals surface area contributed by atoms with Gasteiger partial charge in [0.15, 0.2) is 0 Å². The molecular formula is C30H36ClN5O3. The molecule has 0 saturated carbocycles. The van der Waals surface area contributed by atoms with Crippen LogP contribution in [0.4, 0.5) is 4.79 Å². The lowest BCUT2D eigenvalue weighted by molar-refractivity contribution is 0.0117. The highest BCUT2D eigenvalue weighted by Crippen LogP contribution is 2.44. The quantitative estimate of drug-likeness (QED) is 0.482. The summed E-state index contributed by atoms with van der Waals surface area (Å²) in [6.45, 7) is 12.1. The van der Waals surface area contributed by atoms with Gasteiger partial charge in [-0.3, -0.25) is 9.88 Å². The highest BCUT2D eigenvalue weighted by Gasteiger charge is 2.38. The van der Waals surface area contributed by atoms with E-state index in [2.05, 4.69) is 9.88 Å². The molecule has 1 saturated heterocycles. The number of carbonyl (C=O) groups is 1. The minimum absolute atomic E-state index is 0.172. The molecule has 9 heteroatoms. The van der Waals surface area contributed by atoms with Crippen molar-refractivity contribution >= 4 is 29.3 Å². The fourth-order valence-electron chi connectivity index (χ4n) is 5.45. The van der Waals surface area contributed by atoms with Crippen molar-refractivity contribution in [1.29, 1.82) is 0 Å². The van der Waals surface area contributed by atoms with Crippen LogP contribution in [0.25, 0.3) is 11.6 Å². The SMILES string of the molecule is Cc1nccn1CC(C)(O)C1=Cc2cccnc2[C@@H](N2CCN(C(=O)OC(C)(C)C)CC2)c2ccc(Cl)cc21. The molecular weight excluding hydrogens is 514 g/mol. The van der Waals surface area contributed by atoms with Gasteiger partial charge < -0.3 is 19.3 Å². The first kappa shape index (κ1) is 27.4. The van der Waals surface area contributed by atoms with Crippen molar-refractivity contribution in [3.63, 3.8) is 0 Å². The fraction of sp³-hybridized carbons (Fsp3) is 0.433. The maximum absolute atomic E-state index is 12.7. The van der Waals surface area contributed by atoms with Crippen LogP contribution in [0.1, 0.15) is 61.9 Å². The minimum Gasteiger partial charge on any atom is -0.444 e. The predicted molar refractivity (Wildman–Crippen MR) is 152 cm³/mol. The highest BCUT2D eigenvalue weighted by atomic mass is 35.5. The Balaban J connectivity index is 1.53. The molecule has 1 amide bonds. The number of pyridine rings is 1. The number of imidazole rings is 1.